The number of aryl methyl sites for hydroxylation is 1. The van der Waals surface area contributed by atoms with Crippen LogP contribution in [0.15, 0.2) is 4.52 Å². The predicted molar refractivity (Wildman–Crippen MR) is 57.2 cm³/mol. The highest BCUT2D eigenvalue weighted by atomic mass is 16.5. The minimum atomic E-state index is -0.401. The lowest BCUT2D eigenvalue weighted by Gasteiger charge is -2.18. The Morgan fingerprint density at radius 1 is 1.53 bits per heavy atom. The van der Waals surface area contributed by atoms with E-state index in [1.807, 2.05) is 0 Å². The molecule has 0 radical (unpaired) electrons. The standard InChI is InChI=1S/C10H15N3O4/c1-6(10(15)16-4)5-13(3)9(14)8-11-7(2)17-12-8/h6H,5H2,1-4H3. The van der Waals surface area contributed by atoms with Gasteiger partial charge in [-0.25, -0.2) is 0 Å². The normalized spacial score (nSPS) is 12.0. The number of amides is 1. The average molecular weight is 241 g/mol. The second-order valence-corrected chi connectivity index (χ2v) is 3.75. The summed E-state index contributed by atoms with van der Waals surface area (Å²) in [6.07, 6.45) is 0. The van der Waals surface area contributed by atoms with Crippen molar-refractivity contribution in [3.63, 3.8) is 0 Å². The number of esters is 1. The van der Waals surface area contributed by atoms with Crippen LogP contribution in [0, 0.1) is 12.8 Å². The first-order chi connectivity index (χ1) is 7.95. The van der Waals surface area contributed by atoms with Crippen LogP contribution in [-0.4, -0.2) is 47.6 Å². The van der Waals surface area contributed by atoms with E-state index in [-0.39, 0.29) is 18.3 Å². The van der Waals surface area contributed by atoms with Crippen molar-refractivity contribution in [3.05, 3.63) is 11.7 Å². The summed E-state index contributed by atoms with van der Waals surface area (Å²) in [5.41, 5.74) is 0. The molecular formula is C10H15N3O4. The van der Waals surface area contributed by atoms with Crippen molar-refractivity contribution in [1.82, 2.24) is 15.0 Å². The van der Waals surface area contributed by atoms with Crippen molar-refractivity contribution in [2.24, 2.45) is 5.92 Å². The number of nitrogens with zero attached hydrogens (tertiary/aromatic N) is 3. The van der Waals surface area contributed by atoms with Crippen LogP contribution < -0.4 is 0 Å². The van der Waals surface area contributed by atoms with E-state index in [0.717, 1.165) is 0 Å². The molecule has 0 spiro atoms. The summed E-state index contributed by atoms with van der Waals surface area (Å²) in [5, 5.41) is 3.52. The number of methoxy groups -OCH3 is 1. The van der Waals surface area contributed by atoms with Gasteiger partial charge in [-0.3, -0.25) is 9.59 Å². The van der Waals surface area contributed by atoms with Crippen LogP contribution in [0.4, 0.5) is 0 Å². The molecule has 0 N–H and O–H groups in total. The van der Waals surface area contributed by atoms with Crippen LogP contribution in [-0.2, 0) is 9.53 Å². The van der Waals surface area contributed by atoms with Crippen molar-refractivity contribution in [2.75, 3.05) is 20.7 Å². The fourth-order valence-electron chi connectivity index (χ4n) is 1.33. The number of carbonyl (C=O) groups excluding carboxylic acids is 2. The van der Waals surface area contributed by atoms with Crippen LogP contribution in [0.2, 0.25) is 0 Å². The summed E-state index contributed by atoms with van der Waals surface area (Å²) in [7, 11) is 2.87. The second kappa shape index (κ2) is 5.42. The van der Waals surface area contributed by atoms with E-state index in [1.54, 1.807) is 20.9 Å². The van der Waals surface area contributed by atoms with Crippen LogP contribution in [0.3, 0.4) is 0 Å². The molecule has 1 aromatic heterocycles. The lowest BCUT2D eigenvalue weighted by Crippen LogP contribution is -2.34. The van der Waals surface area contributed by atoms with Gasteiger partial charge in [-0.15, -0.1) is 0 Å². The summed E-state index contributed by atoms with van der Waals surface area (Å²) in [5.74, 6) is -0.849. The third-order valence-electron chi connectivity index (χ3n) is 2.22. The number of rotatable bonds is 4. The number of hydrogen-bond donors (Lipinski definition) is 0. The molecule has 7 heteroatoms. The van der Waals surface area contributed by atoms with E-state index in [4.69, 9.17) is 4.52 Å². The SMILES string of the molecule is COC(=O)C(C)CN(C)C(=O)c1noc(C)n1. The molecule has 7 nitrogen and oxygen atoms in total. The molecule has 0 bridgehead atoms. The Bertz CT molecular complexity index is 415. The number of ether oxygens (including phenoxy) is 1. The molecule has 1 unspecified atom stereocenters. The third-order valence-corrected chi connectivity index (χ3v) is 2.22. The van der Waals surface area contributed by atoms with Gasteiger partial charge < -0.3 is 14.2 Å². The zero-order valence-electron chi connectivity index (χ0n) is 10.3. The molecule has 1 rings (SSSR count). The summed E-state index contributed by atoms with van der Waals surface area (Å²) < 4.78 is 9.28. The predicted octanol–water partition coefficient (Wildman–Crippen LogP) is 0.259. The molecule has 1 heterocycles. The van der Waals surface area contributed by atoms with E-state index in [1.165, 1.54) is 12.0 Å². The molecule has 1 aromatic rings. The van der Waals surface area contributed by atoms with Gasteiger partial charge in [0.05, 0.1) is 13.0 Å². The fourth-order valence-corrected chi connectivity index (χ4v) is 1.33. The first-order valence-corrected chi connectivity index (χ1v) is 5.09. The minimum absolute atomic E-state index is 0.0120. The van der Waals surface area contributed by atoms with Crippen molar-refractivity contribution in [3.8, 4) is 0 Å². The molecule has 1 amide bonds. The van der Waals surface area contributed by atoms with Crippen LogP contribution in [0.5, 0.6) is 0 Å². The first kappa shape index (κ1) is 13.1. The third kappa shape index (κ3) is 3.27. The molecule has 0 aromatic carbocycles. The van der Waals surface area contributed by atoms with Crippen LogP contribution >= 0.6 is 0 Å². The van der Waals surface area contributed by atoms with E-state index >= 15 is 0 Å². The largest absolute Gasteiger partial charge is 0.469 e. The maximum atomic E-state index is 11.8. The minimum Gasteiger partial charge on any atom is -0.469 e. The maximum absolute atomic E-state index is 11.8. The number of aromatic nitrogens is 2. The fraction of sp³-hybridized carbons (Fsp3) is 0.600. The summed E-state index contributed by atoms with van der Waals surface area (Å²) in [4.78, 5) is 28.2. The first-order valence-electron chi connectivity index (χ1n) is 5.09. The lowest BCUT2D eigenvalue weighted by molar-refractivity contribution is -0.145. The molecular weight excluding hydrogens is 226 g/mol. The van der Waals surface area contributed by atoms with E-state index in [9.17, 15) is 9.59 Å². The monoisotopic (exact) mass is 241 g/mol. The van der Waals surface area contributed by atoms with E-state index in [2.05, 4.69) is 14.9 Å². The molecule has 0 aliphatic rings. The highest BCUT2D eigenvalue weighted by Gasteiger charge is 2.22. The highest BCUT2D eigenvalue weighted by Crippen LogP contribution is 2.04. The van der Waals surface area contributed by atoms with E-state index in [0.29, 0.717) is 5.89 Å². The highest BCUT2D eigenvalue weighted by molar-refractivity contribution is 5.90. The summed E-state index contributed by atoms with van der Waals surface area (Å²) in [6.45, 7) is 3.51. The van der Waals surface area contributed by atoms with Gasteiger partial charge in [0.15, 0.2) is 0 Å². The van der Waals surface area contributed by atoms with E-state index < -0.39 is 11.8 Å². The van der Waals surface area contributed by atoms with Gasteiger partial charge in [-0.1, -0.05) is 12.1 Å². The van der Waals surface area contributed by atoms with Crippen LogP contribution in [0.25, 0.3) is 0 Å². The maximum Gasteiger partial charge on any atom is 0.310 e. The number of carbonyl (C=O) groups is 2. The molecule has 1 atom stereocenters. The van der Waals surface area contributed by atoms with Crippen molar-refractivity contribution < 1.29 is 18.8 Å². The summed E-state index contributed by atoms with van der Waals surface area (Å²) in [6, 6.07) is 0. The number of hydrogen-bond acceptors (Lipinski definition) is 6. The smallest absolute Gasteiger partial charge is 0.310 e. The molecule has 0 fully saturated rings. The Labute approximate surface area is 98.7 Å². The quantitative estimate of drug-likeness (QED) is 0.703. The van der Waals surface area contributed by atoms with Gasteiger partial charge in [-0.05, 0) is 0 Å². The molecule has 0 aliphatic heterocycles. The molecule has 17 heavy (non-hydrogen) atoms. The summed E-state index contributed by atoms with van der Waals surface area (Å²) >= 11 is 0. The molecule has 94 valence electrons. The zero-order valence-corrected chi connectivity index (χ0v) is 10.3. The van der Waals surface area contributed by atoms with Gasteiger partial charge in [0.2, 0.25) is 5.89 Å². The Morgan fingerprint density at radius 3 is 2.65 bits per heavy atom. The molecule has 0 saturated heterocycles. The lowest BCUT2D eigenvalue weighted by atomic mass is 10.2. The van der Waals surface area contributed by atoms with Gasteiger partial charge >= 0.3 is 5.97 Å². The molecule has 0 saturated carbocycles. The van der Waals surface area contributed by atoms with Gasteiger partial charge in [-0.2, -0.15) is 4.98 Å². The average Bonchev–Trinajstić information content (AvgIpc) is 2.73. The van der Waals surface area contributed by atoms with Crippen molar-refractivity contribution >= 4 is 11.9 Å². The zero-order chi connectivity index (χ0) is 13.0. The van der Waals surface area contributed by atoms with Crippen molar-refractivity contribution in [1.29, 1.82) is 0 Å². The Hall–Kier alpha value is -1.92. The van der Waals surface area contributed by atoms with Gasteiger partial charge in [0, 0.05) is 20.5 Å². The Kier molecular flexibility index (Phi) is 4.19. The van der Waals surface area contributed by atoms with Crippen LogP contribution in [0.1, 0.15) is 23.4 Å². The molecule has 0 aliphatic carbocycles. The van der Waals surface area contributed by atoms with Gasteiger partial charge in [0.25, 0.3) is 11.7 Å². The van der Waals surface area contributed by atoms with Gasteiger partial charge in [0.1, 0.15) is 0 Å². The Balaban J connectivity index is 2.62. The topological polar surface area (TPSA) is 85.5 Å². The van der Waals surface area contributed by atoms with Crippen molar-refractivity contribution in [2.45, 2.75) is 13.8 Å². The Morgan fingerprint density at radius 2 is 2.18 bits per heavy atom. The second-order valence-electron chi connectivity index (χ2n) is 3.75.